The van der Waals surface area contributed by atoms with Crippen molar-refractivity contribution in [2.24, 2.45) is 0 Å². The van der Waals surface area contributed by atoms with Gasteiger partial charge in [-0.25, -0.2) is 9.37 Å². The molecular formula is C21H14ClFN6O. The van der Waals surface area contributed by atoms with Gasteiger partial charge in [0.25, 0.3) is 5.56 Å². The molecule has 0 amide bonds. The van der Waals surface area contributed by atoms with Crippen molar-refractivity contribution in [2.45, 2.75) is 13.5 Å². The van der Waals surface area contributed by atoms with Crippen molar-refractivity contribution < 1.29 is 4.39 Å². The molecule has 0 atom stereocenters. The molecule has 30 heavy (non-hydrogen) atoms. The van der Waals surface area contributed by atoms with Gasteiger partial charge in [0, 0.05) is 5.02 Å². The molecule has 0 N–H and O–H groups in total. The Morgan fingerprint density at radius 2 is 1.73 bits per heavy atom. The van der Waals surface area contributed by atoms with Crippen LogP contribution in [0.1, 0.15) is 11.3 Å². The molecule has 3 aromatic heterocycles. The lowest BCUT2D eigenvalue weighted by Crippen LogP contribution is -2.23. The smallest absolute Gasteiger partial charge is 0.283 e. The minimum atomic E-state index is -0.327. The number of fused-ring (bicyclic) bond motifs is 3. The van der Waals surface area contributed by atoms with E-state index in [0.29, 0.717) is 28.6 Å². The van der Waals surface area contributed by atoms with E-state index in [1.165, 1.54) is 27.5 Å². The van der Waals surface area contributed by atoms with E-state index in [1.807, 2.05) is 19.1 Å². The topological polar surface area (TPSA) is 78.0 Å². The molecule has 0 aliphatic rings. The summed E-state index contributed by atoms with van der Waals surface area (Å²) in [4.78, 5) is 17.4. The maximum absolute atomic E-state index is 13.3. The molecule has 0 radical (unpaired) electrons. The number of benzene rings is 2. The van der Waals surface area contributed by atoms with Crippen LogP contribution >= 0.6 is 11.6 Å². The number of nitrogens with zero attached hydrogens (tertiary/aromatic N) is 6. The molecule has 5 rings (SSSR count). The quantitative estimate of drug-likeness (QED) is 0.445. The highest BCUT2D eigenvalue weighted by atomic mass is 35.5. The second-order valence-corrected chi connectivity index (χ2v) is 7.32. The molecule has 0 aliphatic heterocycles. The maximum atomic E-state index is 13.3. The molecule has 0 aliphatic carbocycles. The standard InChI is InChI=1S/C21H14ClFN6O/c1-12-17(14-4-8-16(23)9-5-14)19-26-25-18-20(29(19)27-12)24-11-28(21(18)30)10-13-2-6-15(22)7-3-13/h2-9,11H,10H2,1H3. The van der Waals surface area contributed by atoms with E-state index in [1.54, 1.807) is 24.3 Å². The van der Waals surface area contributed by atoms with E-state index in [9.17, 15) is 9.18 Å². The van der Waals surface area contributed by atoms with E-state index in [4.69, 9.17) is 11.6 Å². The fourth-order valence-corrected chi connectivity index (χ4v) is 3.54. The van der Waals surface area contributed by atoms with Crippen molar-refractivity contribution in [3.05, 3.63) is 87.3 Å². The minimum Gasteiger partial charge on any atom is -0.293 e. The Kier molecular flexibility index (Phi) is 4.29. The first-order valence-corrected chi connectivity index (χ1v) is 9.50. The van der Waals surface area contributed by atoms with Crippen LogP contribution < -0.4 is 5.56 Å². The molecule has 0 saturated carbocycles. The zero-order valence-corrected chi connectivity index (χ0v) is 16.5. The summed E-state index contributed by atoms with van der Waals surface area (Å²) in [5, 5.41) is 13.5. The van der Waals surface area contributed by atoms with Crippen LogP contribution in [0.4, 0.5) is 4.39 Å². The van der Waals surface area contributed by atoms with Crippen molar-refractivity contribution in [3.63, 3.8) is 0 Å². The van der Waals surface area contributed by atoms with Crippen LogP contribution in [0.15, 0.2) is 59.7 Å². The first-order valence-electron chi connectivity index (χ1n) is 9.13. The second kappa shape index (κ2) is 7.00. The van der Waals surface area contributed by atoms with Crippen molar-refractivity contribution in [1.82, 2.24) is 29.4 Å². The molecule has 0 saturated heterocycles. The summed E-state index contributed by atoms with van der Waals surface area (Å²) >= 11 is 5.92. The fourth-order valence-electron chi connectivity index (χ4n) is 3.42. The van der Waals surface area contributed by atoms with Crippen LogP contribution in [-0.4, -0.2) is 29.4 Å². The van der Waals surface area contributed by atoms with Gasteiger partial charge in [0.15, 0.2) is 16.8 Å². The number of hydrogen-bond donors (Lipinski definition) is 0. The third-order valence-electron chi connectivity index (χ3n) is 4.88. The SMILES string of the molecule is Cc1nn2c(nnc3c(=O)n(Cc4ccc(Cl)cc4)cnc32)c1-c1ccc(F)cc1. The Labute approximate surface area is 174 Å². The Morgan fingerprint density at radius 1 is 1.00 bits per heavy atom. The molecular weight excluding hydrogens is 407 g/mol. The average molecular weight is 421 g/mol. The third-order valence-corrected chi connectivity index (χ3v) is 5.13. The van der Waals surface area contributed by atoms with Crippen LogP contribution in [0.5, 0.6) is 0 Å². The summed E-state index contributed by atoms with van der Waals surface area (Å²) in [5.74, 6) is -0.327. The fraction of sp³-hybridized carbons (Fsp3) is 0.0952. The van der Waals surface area contributed by atoms with Gasteiger partial charge >= 0.3 is 0 Å². The normalized spacial score (nSPS) is 11.4. The van der Waals surface area contributed by atoms with Crippen LogP contribution in [0, 0.1) is 12.7 Å². The van der Waals surface area contributed by atoms with E-state index < -0.39 is 0 Å². The van der Waals surface area contributed by atoms with E-state index in [-0.39, 0.29) is 16.9 Å². The summed E-state index contributed by atoms with van der Waals surface area (Å²) in [5.41, 5.74) is 3.63. The monoisotopic (exact) mass is 420 g/mol. The van der Waals surface area contributed by atoms with Crippen LogP contribution in [0.2, 0.25) is 5.02 Å². The van der Waals surface area contributed by atoms with Gasteiger partial charge in [-0.3, -0.25) is 9.36 Å². The third kappa shape index (κ3) is 3.02. The Balaban J connectivity index is 1.65. The van der Waals surface area contributed by atoms with Gasteiger partial charge in [0.2, 0.25) is 0 Å². The summed E-state index contributed by atoms with van der Waals surface area (Å²) in [6.45, 7) is 2.15. The van der Waals surface area contributed by atoms with E-state index in [2.05, 4.69) is 20.3 Å². The summed E-state index contributed by atoms with van der Waals surface area (Å²) in [7, 11) is 0. The van der Waals surface area contributed by atoms with Gasteiger partial charge in [-0.2, -0.15) is 9.61 Å². The number of hydrogen-bond acceptors (Lipinski definition) is 5. The lowest BCUT2D eigenvalue weighted by molar-refractivity contribution is 0.628. The molecule has 5 aromatic rings. The zero-order valence-electron chi connectivity index (χ0n) is 15.8. The number of aryl methyl sites for hydroxylation is 1. The molecule has 2 aromatic carbocycles. The highest BCUT2D eigenvalue weighted by Gasteiger charge is 2.18. The van der Waals surface area contributed by atoms with Gasteiger partial charge in [-0.1, -0.05) is 35.9 Å². The lowest BCUT2D eigenvalue weighted by atomic mass is 10.1. The highest BCUT2D eigenvalue weighted by molar-refractivity contribution is 6.30. The van der Waals surface area contributed by atoms with Crippen LogP contribution in [0.3, 0.4) is 0 Å². The Morgan fingerprint density at radius 3 is 2.47 bits per heavy atom. The molecule has 3 heterocycles. The Bertz CT molecular complexity index is 1460. The van der Waals surface area contributed by atoms with Crippen molar-refractivity contribution in [2.75, 3.05) is 0 Å². The van der Waals surface area contributed by atoms with Gasteiger partial charge < -0.3 is 0 Å². The number of aromatic nitrogens is 6. The average Bonchev–Trinajstić information content (AvgIpc) is 3.08. The first-order chi connectivity index (χ1) is 14.5. The zero-order chi connectivity index (χ0) is 20.8. The van der Waals surface area contributed by atoms with Crippen molar-refractivity contribution in [1.29, 1.82) is 0 Å². The number of rotatable bonds is 3. The molecule has 7 nitrogen and oxygen atoms in total. The lowest BCUT2D eigenvalue weighted by Gasteiger charge is -2.07. The van der Waals surface area contributed by atoms with E-state index in [0.717, 1.165) is 16.7 Å². The second-order valence-electron chi connectivity index (χ2n) is 6.88. The summed E-state index contributed by atoms with van der Waals surface area (Å²) < 4.78 is 16.3. The summed E-state index contributed by atoms with van der Waals surface area (Å²) in [6.07, 6.45) is 1.47. The molecule has 9 heteroatoms. The maximum Gasteiger partial charge on any atom is 0.283 e. The predicted molar refractivity (Wildman–Crippen MR) is 111 cm³/mol. The Hall–Kier alpha value is -3.65. The number of halogens is 2. The van der Waals surface area contributed by atoms with Gasteiger partial charge in [0.05, 0.1) is 17.8 Å². The molecule has 0 unspecified atom stereocenters. The van der Waals surface area contributed by atoms with E-state index >= 15 is 0 Å². The molecule has 0 fully saturated rings. The van der Waals surface area contributed by atoms with Crippen LogP contribution in [0.25, 0.3) is 27.9 Å². The van der Waals surface area contributed by atoms with Crippen molar-refractivity contribution >= 4 is 28.4 Å². The summed E-state index contributed by atoms with van der Waals surface area (Å²) in [6, 6.07) is 13.3. The highest BCUT2D eigenvalue weighted by Crippen LogP contribution is 2.27. The van der Waals surface area contributed by atoms with Gasteiger partial charge in [0.1, 0.15) is 12.1 Å². The molecule has 148 valence electrons. The largest absolute Gasteiger partial charge is 0.293 e. The molecule has 0 spiro atoms. The minimum absolute atomic E-state index is 0.118. The van der Waals surface area contributed by atoms with Crippen molar-refractivity contribution in [3.8, 4) is 11.1 Å². The molecule has 0 bridgehead atoms. The predicted octanol–water partition coefficient (Wildman–Crippen LogP) is 3.65. The first kappa shape index (κ1) is 18.4. The van der Waals surface area contributed by atoms with Crippen LogP contribution in [-0.2, 0) is 6.54 Å². The van der Waals surface area contributed by atoms with Gasteiger partial charge in [-0.15, -0.1) is 10.2 Å². The van der Waals surface area contributed by atoms with Gasteiger partial charge in [-0.05, 0) is 42.3 Å².